The zero-order valence-electron chi connectivity index (χ0n) is 11.9. The van der Waals surface area contributed by atoms with Crippen LogP contribution in [0.25, 0.3) is 10.6 Å². The standard InChI is InChI=1S/C15H13FN2O4S/c16-10-4-2-1-3-9(10)13-17-7-12(23-13)14(19)18-5-6-22-11(8-18)15(20)21/h1-4,7,11H,5-6,8H2,(H,20,21). The number of hydrogen-bond donors (Lipinski definition) is 1. The summed E-state index contributed by atoms with van der Waals surface area (Å²) in [5.74, 6) is -1.82. The minimum atomic E-state index is -1.10. The Morgan fingerprint density at radius 2 is 2.17 bits per heavy atom. The van der Waals surface area contributed by atoms with Gasteiger partial charge in [-0.2, -0.15) is 0 Å². The lowest BCUT2D eigenvalue weighted by atomic mass is 10.2. The van der Waals surface area contributed by atoms with Crippen LogP contribution in [-0.2, 0) is 9.53 Å². The van der Waals surface area contributed by atoms with Crippen LogP contribution in [0.2, 0.25) is 0 Å². The highest BCUT2D eigenvalue weighted by atomic mass is 32.1. The first kappa shape index (κ1) is 15.6. The summed E-state index contributed by atoms with van der Waals surface area (Å²) in [5.41, 5.74) is 0.335. The summed E-state index contributed by atoms with van der Waals surface area (Å²) >= 11 is 1.08. The monoisotopic (exact) mass is 336 g/mol. The van der Waals surface area contributed by atoms with Gasteiger partial charge in [0.15, 0.2) is 6.10 Å². The van der Waals surface area contributed by atoms with Gasteiger partial charge >= 0.3 is 5.97 Å². The predicted molar refractivity (Wildman–Crippen MR) is 80.8 cm³/mol. The topological polar surface area (TPSA) is 79.7 Å². The van der Waals surface area contributed by atoms with Crippen LogP contribution in [-0.4, -0.2) is 52.7 Å². The Bertz CT molecular complexity index is 749. The Morgan fingerprint density at radius 1 is 1.39 bits per heavy atom. The summed E-state index contributed by atoms with van der Waals surface area (Å²) in [5, 5.41) is 9.39. The molecule has 1 N–H and O–H groups in total. The van der Waals surface area contributed by atoms with E-state index >= 15 is 0 Å². The van der Waals surface area contributed by atoms with Gasteiger partial charge in [-0.25, -0.2) is 14.2 Å². The fraction of sp³-hybridized carbons (Fsp3) is 0.267. The number of rotatable bonds is 3. The van der Waals surface area contributed by atoms with Crippen LogP contribution in [0.1, 0.15) is 9.67 Å². The molecule has 1 saturated heterocycles. The highest BCUT2D eigenvalue weighted by Crippen LogP contribution is 2.28. The number of hydrogen-bond acceptors (Lipinski definition) is 5. The average molecular weight is 336 g/mol. The highest BCUT2D eigenvalue weighted by Gasteiger charge is 2.30. The van der Waals surface area contributed by atoms with Crippen molar-refractivity contribution >= 4 is 23.2 Å². The molecule has 1 aromatic carbocycles. The molecule has 2 aromatic rings. The number of carbonyl (C=O) groups excluding carboxylic acids is 1. The molecule has 1 unspecified atom stereocenters. The first-order valence-electron chi connectivity index (χ1n) is 6.90. The molecular weight excluding hydrogens is 323 g/mol. The second-order valence-corrected chi connectivity index (χ2v) is 5.99. The number of thiazole rings is 1. The van der Waals surface area contributed by atoms with E-state index in [0.29, 0.717) is 22.0 Å². The fourth-order valence-electron chi connectivity index (χ4n) is 2.27. The lowest BCUT2D eigenvalue weighted by molar-refractivity contribution is -0.154. The molecule has 3 rings (SSSR count). The maximum atomic E-state index is 13.8. The van der Waals surface area contributed by atoms with Crippen molar-refractivity contribution in [2.75, 3.05) is 19.7 Å². The van der Waals surface area contributed by atoms with Crippen molar-refractivity contribution in [1.29, 1.82) is 0 Å². The minimum absolute atomic E-state index is 0.0128. The summed E-state index contributed by atoms with van der Waals surface area (Å²) in [7, 11) is 0. The van der Waals surface area contributed by atoms with Gasteiger partial charge in [-0.15, -0.1) is 11.3 Å². The molecule has 120 valence electrons. The van der Waals surface area contributed by atoms with E-state index in [1.165, 1.54) is 17.2 Å². The number of aromatic nitrogens is 1. The number of carboxylic acid groups (broad SMARTS) is 1. The van der Waals surface area contributed by atoms with Gasteiger partial charge in [0.2, 0.25) is 0 Å². The van der Waals surface area contributed by atoms with Crippen molar-refractivity contribution in [1.82, 2.24) is 9.88 Å². The highest BCUT2D eigenvalue weighted by molar-refractivity contribution is 7.16. The number of carboxylic acids is 1. The van der Waals surface area contributed by atoms with E-state index in [-0.39, 0.29) is 19.1 Å². The van der Waals surface area contributed by atoms with Crippen molar-refractivity contribution in [2.24, 2.45) is 0 Å². The molecule has 0 spiro atoms. The first-order chi connectivity index (χ1) is 11.1. The lowest BCUT2D eigenvalue weighted by Crippen LogP contribution is -2.48. The molecule has 0 saturated carbocycles. The Balaban J connectivity index is 1.79. The third-order valence-electron chi connectivity index (χ3n) is 3.45. The molecule has 23 heavy (non-hydrogen) atoms. The van der Waals surface area contributed by atoms with Gasteiger partial charge in [0.05, 0.1) is 19.3 Å². The van der Waals surface area contributed by atoms with Crippen LogP contribution in [0, 0.1) is 5.82 Å². The van der Waals surface area contributed by atoms with Crippen LogP contribution in [0.3, 0.4) is 0 Å². The van der Waals surface area contributed by atoms with Gasteiger partial charge in [0, 0.05) is 12.1 Å². The molecule has 1 fully saturated rings. The van der Waals surface area contributed by atoms with Gasteiger partial charge in [0.25, 0.3) is 5.91 Å². The Hall–Kier alpha value is -2.32. The summed E-state index contributed by atoms with van der Waals surface area (Å²) < 4.78 is 18.9. The SMILES string of the molecule is O=C(O)C1CN(C(=O)c2cnc(-c3ccccc3F)s2)CCO1. The number of halogens is 1. The predicted octanol–water partition coefficient (Wildman–Crippen LogP) is 1.87. The van der Waals surface area contributed by atoms with Gasteiger partial charge in [0.1, 0.15) is 15.7 Å². The van der Waals surface area contributed by atoms with E-state index < -0.39 is 17.9 Å². The van der Waals surface area contributed by atoms with E-state index in [9.17, 15) is 14.0 Å². The van der Waals surface area contributed by atoms with Crippen LogP contribution >= 0.6 is 11.3 Å². The van der Waals surface area contributed by atoms with Gasteiger partial charge < -0.3 is 14.7 Å². The number of aliphatic carboxylic acids is 1. The zero-order valence-corrected chi connectivity index (χ0v) is 12.8. The normalized spacial score (nSPS) is 18.0. The summed E-state index contributed by atoms with van der Waals surface area (Å²) in [6, 6.07) is 6.20. The number of morpholine rings is 1. The number of ether oxygens (including phenoxy) is 1. The van der Waals surface area contributed by atoms with E-state index in [4.69, 9.17) is 9.84 Å². The van der Waals surface area contributed by atoms with Crippen molar-refractivity contribution in [3.8, 4) is 10.6 Å². The third kappa shape index (κ3) is 3.22. The quantitative estimate of drug-likeness (QED) is 0.926. The van der Waals surface area contributed by atoms with Crippen molar-refractivity contribution in [2.45, 2.75) is 6.10 Å². The molecule has 1 aromatic heterocycles. The van der Waals surface area contributed by atoms with Crippen LogP contribution in [0.4, 0.5) is 4.39 Å². The van der Waals surface area contributed by atoms with Gasteiger partial charge in [-0.3, -0.25) is 4.79 Å². The summed E-state index contributed by atoms with van der Waals surface area (Å²) in [6.45, 7) is 0.471. The Morgan fingerprint density at radius 3 is 2.91 bits per heavy atom. The molecule has 0 bridgehead atoms. The zero-order chi connectivity index (χ0) is 16.4. The third-order valence-corrected chi connectivity index (χ3v) is 4.47. The number of nitrogens with zero attached hydrogens (tertiary/aromatic N) is 2. The van der Waals surface area contributed by atoms with E-state index in [0.717, 1.165) is 11.3 Å². The number of carbonyl (C=O) groups is 2. The number of amides is 1. The fourth-order valence-corrected chi connectivity index (χ4v) is 3.18. The maximum Gasteiger partial charge on any atom is 0.334 e. The Kier molecular flexibility index (Phi) is 4.35. The molecule has 2 heterocycles. The van der Waals surface area contributed by atoms with E-state index in [2.05, 4.69) is 4.98 Å². The van der Waals surface area contributed by atoms with Crippen LogP contribution < -0.4 is 0 Å². The van der Waals surface area contributed by atoms with Gasteiger partial charge in [-0.05, 0) is 12.1 Å². The molecule has 0 radical (unpaired) electrons. The molecular formula is C15H13FN2O4S. The maximum absolute atomic E-state index is 13.8. The van der Waals surface area contributed by atoms with Gasteiger partial charge in [-0.1, -0.05) is 12.1 Å². The second-order valence-electron chi connectivity index (χ2n) is 4.96. The Labute approximate surface area is 135 Å². The average Bonchev–Trinajstić information content (AvgIpc) is 3.04. The summed E-state index contributed by atoms with van der Waals surface area (Å²) in [6.07, 6.45) is 0.367. The molecule has 1 aliphatic heterocycles. The molecule has 1 amide bonds. The molecule has 0 aliphatic carbocycles. The second kappa shape index (κ2) is 6.43. The molecule has 1 atom stereocenters. The van der Waals surface area contributed by atoms with E-state index in [1.54, 1.807) is 18.2 Å². The largest absolute Gasteiger partial charge is 0.479 e. The molecule has 6 nitrogen and oxygen atoms in total. The van der Waals surface area contributed by atoms with Crippen molar-refractivity contribution in [3.63, 3.8) is 0 Å². The minimum Gasteiger partial charge on any atom is -0.479 e. The molecule has 1 aliphatic rings. The van der Waals surface area contributed by atoms with E-state index in [1.807, 2.05) is 0 Å². The van der Waals surface area contributed by atoms with Crippen molar-refractivity contribution in [3.05, 3.63) is 41.2 Å². The van der Waals surface area contributed by atoms with Crippen LogP contribution in [0.15, 0.2) is 30.5 Å². The molecule has 8 heteroatoms. The summed E-state index contributed by atoms with van der Waals surface area (Å²) in [4.78, 5) is 29.3. The van der Waals surface area contributed by atoms with Crippen LogP contribution in [0.5, 0.6) is 0 Å². The number of benzene rings is 1. The van der Waals surface area contributed by atoms with Crippen molar-refractivity contribution < 1.29 is 23.8 Å². The first-order valence-corrected chi connectivity index (χ1v) is 7.72. The lowest BCUT2D eigenvalue weighted by Gasteiger charge is -2.30. The smallest absolute Gasteiger partial charge is 0.334 e.